The van der Waals surface area contributed by atoms with Crippen molar-refractivity contribution in [2.45, 2.75) is 33.5 Å². The van der Waals surface area contributed by atoms with Crippen LogP contribution in [0, 0.1) is 13.8 Å². The molecule has 0 atom stereocenters. The molecular weight excluding hydrogens is 542 g/mol. The first kappa shape index (κ1) is 25.7. The predicted molar refractivity (Wildman–Crippen MR) is 120 cm³/mol. The van der Waals surface area contributed by atoms with Gasteiger partial charge in [-0.25, -0.2) is 15.0 Å². The second kappa shape index (κ2) is 11.7. The third-order valence-corrected chi connectivity index (χ3v) is 4.89. The third kappa shape index (κ3) is 8.13. The van der Waals surface area contributed by atoms with Gasteiger partial charge in [-0.05, 0) is 26.8 Å². The van der Waals surface area contributed by atoms with Crippen molar-refractivity contribution in [1.82, 2.24) is 20.6 Å². The number of pyridine rings is 1. The van der Waals surface area contributed by atoms with Crippen LogP contribution in [0.5, 0.6) is 5.88 Å². The molecule has 2 aromatic rings. The Morgan fingerprint density at radius 3 is 2.59 bits per heavy atom. The molecule has 0 spiro atoms. The van der Waals surface area contributed by atoms with Crippen LogP contribution in [-0.2, 0) is 12.7 Å². The Morgan fingerprint density at radius 2 is 2.03 bits per heavy atom. The van der Waals surface area contributed by atoms with E-state index in [9.17, 15) is 13.2 Å². The number of aryl methyl sites for hydroxylation is 2. The van der Waals surface area contributed by atoms with E-state index < -0.39 is 11.7 Å². The monoisotopic (exact) mass is 563 g/mol. The molecule has 162 valence electrons. The number of ether oxygens (including phenoxy) is 1. The second-order valence-electron chi connectivity index (χ2n) is 5.73. The zero-order valence-corrected chi connectivity index (χ0v) is 20.0. The van der Waals surface area contributed by atoms with Gasteiger partial charge in [0, 0.05) is 17.6 Å². The number of aliphatic imine (C=N–C) groups is 1. The van der Waals surface area contributed by atoms with Gasteiger partial charge in [-0.1, -0.05) is 11.6 Å². The van der Waals surface area contributed by atoms with Crippen LogP contribution in [0.3, 0.4) is 0 Å². The summed E-state index contributed by atoms with van der Waals surface area (Å²) in [5.74, 6) is 0.537. The molecule has 12 heteroatoms. The van der Waals surface area contributed by atoms with E-state index in [-0.39, 0.29) is 41.5 Å². The molecule has 0 aliphatic rings. The van der Waals surface area contributed by atoms with Gasteiger partial charge < -0.3 is 15.4 Å². The molecule has 0 fully saturated rings. The van der Waals surface area contributed by atoms with Crippen LogP contribution in [-0.4, -0.2) is 35.6 Å². The van der Waals surface area contributed by atoms with Gasteiger partial charge in [-0.2, -0.15) is 13.2 Å². The number of nitrogens with zero attached hydrogens (tertiary/aromatic N) is 3. The predicted octanol–water partition coefficient (Wildman–Crippen LogP) is 4.58. The fraction of sp³-hybridized carbons (Fsp3) is 0.471. The molecule has 2 heterocycles. The highest BCUT2D eigenvalue weighted by Gasteiger charge is 2.31. The van der Waals surface area contributed by atoms with Crippen molar-refractivity contribution in [1.29, 1.82) is 0 Å². The fourth-order valence-corrected chi connectivity index (χ4v) is 3.18. The molecule has 0 bridgehead atoms. The lowest BCUT2D eigenvalue weighted by atomic mass is 10.3. The number of thiazole rings is 1. The lowest BCUT2D eigenvalue weighted by molar-refractivity contribution is -0.137. The number of nitrogens with one attached hydrogen (secondary N) is 2. The van der Waals surface area contributed by atoms with Crippen molar-refractivity contribution in [2.24, 2.45) is 4.99 Å². The number of alkyl halides is 3. The molecular formula is C17H22ClF3IN5OS. The molecule has 6 nitrogen and oxygen atoms in total. The molecule has 0 saturated heterocycles. The summed E-state index contributed by atoms with van der Waals surface area (Å²) >= 11 is 7.41. The van der Waals surface area contributed by atoms with Crippen LogP contribution in [0.2, 0.25) is 5.02 Å². The number of aromatic nitrogens is 2. The highest BCUT2D eigenvalue weighted by Crippen LogP contribution is 2.32. The molecule has 2 rings (SSSR count). The normalized spacial score (nSPS) is 11.8. The number of hydrogen-bond acceptors (Lipinski definition) is 5. The summed E-state index contributed by atoms with van der Waals surface area (Å²) in [4.78, 5) is 13.7. The van der Waals surface area contributed by atoms with E-state index in [1.54, 1.807) is 11.3 Å². The van der Waals surface area contributed by atoms with Gasteiger partial charge in [-0.15, -0.1) is 35.3 Å². The zero-order valence-electron chi connectivity index (χ0n) is 16.1. The minimum atomic E-state index is -4.50. The standard InChI is InChI=1S/C17H21ClF3N5OS.HI/c1-4-22-16(25-9-14-26-10(2)11(3)28-14)23-5-6-27-15-13(18)7-12(8-24-15)17(19,20)21;/h7-8H,4-6,9H2,1-3H3,(H2,22,23,25);1H. The first-order chi connectivity index (χ1) is 13.2. The van der Waals surface area contributed by atoms with Crippen LogP contribution in [0.1, 0.15) is 28.1 Å². The number of rotatable bonds is 7. The zero-order chi connectivity index (χ0) is 20.7. The van der Waals surface area contributed by atoms with Crippen LogP contribution < -0.4 is 15.4 Å². The topological polar surface area (TPSA) is 71.4 Å². The summed E-state index contributed by atoms with van der Waals surface area (Å²) < 4.78 is 43.2. The van der Waals surface area contributed by atoms with Gasteiger partial charge in [0.15, 0.2) is 5.96 Å². The van der Waals surface area contributed by atoms with Crippen molar-refractivity contribution in [2.75, 3.05) is 19.7 Å². The maximum Gasteiger partial charge on any atom is 0.417 e. The summed E-state index contributed by atoms with van der Waals surface area (Å²) in [7, 11) is 0. The highest BCUT2D eigenvalue weighted by molar-refractivity contribution is 14.0. The second-order valence-corrected chi connectivity index (χ2v) is 7.42. The fourth-order valence-electron chi connectivity index (χ4n) is 2.10. The van der Waals surface area contributed by atoms with E-state index in [1.165, 1.54) is 0 Å². The molecule has 0 radical (unpaired) electrons. The Balaban J connectivity index is 0.00000420. The van der Waals surface area contributed by atoms with Crippen LogP contribution in [0.15, 0.2) is 17.3 Å². The Kier molecular flexibility index (Phi) is 10.4. The van der Waals surface area contributed by atoms with Crippen molar-refractivity contribution in [3.63, 3.8) is 0 Å². The Morgan fingerprint density at radius 1 is 1.31 bits per heavy atom. The van der Waals surface area contributed by atoms with E-state index in [0.29, 0.717) is 31.8 Å². The lowest BCUT2D eigenvalue weighted by Gasteiger charge is -2.13. The molecule has 0 unspecified atom stereocenters. The van der Waals surface area contributed by atoms with Gasteiger partial charge in [0.1, 0.15) is 16.6 Å². The molecule has 2 N–H and O–H groups in total. The lowest BCUT2D eigenvalue weighted by Crippen LogP contribution is -2.39. The van der Waals surface area contributed by atoms with E-state index >= 15 is 0 Å². The van der Waals surface area contributed by atoms with E-state index in [1.807, 2.05) is 20.8 Å². The van der Waals surface area contributed by atoms with E-state index in [0.717, 1.165) is 21.6 Å². The molecule has 0 aromatic carbocycles. The van der Waals surface area contributed by atoms with Crippen LogP contribution in [0.4, 0.5) is 13.2 Å². The largest absolute Gasteiger partial charge is 0.475 e. The summed E-state index contributed by atoms with van der Waals surface area (Å²) in [6.45, 7) is 7.55. The molecule has 29 heavy (non-hydrogen) atoms. The Bertz CT molecular complexity index is 812. The number of guanidine groups is 1. The van der Waals surface area contributed by atoms with Crippen molar-refractivity contribution < 1.29 is 17.9 Å². The quantitative estimate of drug-likeness (QED) is 0.223. The minimum Gasteiger partial charge on any atom is -0.475 e. The molecule has 2 aromatic heterocycles. The number of halogens is 5. The van der Waals surface area contributed by atoms with Crippen molar-refractivity contribution >= 4 is 52.9 Å². The molecule has 0 amide bonds. The average molecular weight is 564 g/mol. The molecule has 0 aliphatic heterocycles. The summed E-state index contributed by atoms with van der Waals surface area (Å²) in [6, 6.07) is 0.793. The van der Waals surface area contributed by atoms with Gasteiger partial charge >= 0.3 is 6.18 Å². The smallest absolute Gasteiger partial charge is 0.417 e. The summed E-state index contributed by atoms with van der Waals surface area (Å²) in [5.41, 5.74) is 0.0830. The minimum absolute atomic E-state index is 0. The summed E-state index contributed by atoms with van der Waals surface area (Å²) in [6.07, 6.45) is -3.80. The maximum absolute atomic E-state index is 12.6. The van der Waals surface area contributed by atoms with Crippen LogP contribution >= 0.6 is 46.9 Å². The highest BCUT2D eigenvalue weighted by atomic mass is 127. The maximum atomic E-state index is 12.6. The Hall–Kier alpha value is -1.34. The van der Waals surface area contributed by atoms with Crippen molar-refractivity contribution in [3.05, 3.63) is 38.4 Å². The first-order valence-corrected chi connectivity index (χ1v) is 9.70. The molecule has 0 aliphatic carbocycles. The van der Waals surface area contributed by atoms with Gasteiger partial charge in [0.25, 0.3) is 0 Å². The molecule has 0 saturated carbocycles. The first-order valence-electron chi connectivity index (χ1n) is 8.51. The Labute approximate surface area is 193 Å². The van der Waals surface area contributed by atoms with E-state index in [2.05, 4.69) is 25.6 Å². The van der Waals surface area contributed by atoms with E-state index in [4.69, 9.17) is 16.3 Å². The van der Waals surface area contributed by atoms with Crippen molar-refractivity contribution in [3.8, 4) is 5.88 Å². The van der Waals surface area contributed by atoms with Crippen LogP contribution in [0.25, 0.3) is 0 Å². The van der Waals surface area contributed by atoms with Gasteiger partial charge in [0.05, 0.1) is 24.3 Å². The summed E-state index contributed by atoms with van der Waals surface area (Å²) in [5, 5.41) is 6.91. The third-order valence-electron chi connectivity index (χ3n) is 3.56. The average Bonchev–Trinajstić information content (AvgIpc) is 2.94. The SMILES string of the molecule is CCNC(=NCc1nc(C)c(C)s1)NCCOc1ncc(C(F)(F)F)cc1Cl.I. The van der Waals surface area contributed by atoms with Gasteiger partial charge in [-0.3, -0.25) is 0 Å². The van der Waals surface area contributed by atoms with Gasteiger partial charge in [0.2, 0.25) is 5.88 Å². The number of hydrogen-bond donors (Lipinski definition) is 2.